The molecule has 0 bridgehead atoms. The normalized spacial score (nSPS) is 10.6. The van der Waals surface area contributed by atoms with Gasteiger partial charge in [0.15, 0.2) is 11.5 Å². The highest BCUT2D eigenvalue weighted by Gasteiger charge is 2.19. The Labute approximate surface area is 121 Å². The van der Waals surface area contributed by atoms with Gasteiger partial charge >= 0.3 is 0 Å². The number of rotatable bonds is 7. The molecule has 5 nitrogen and oxygen atoms in total. The molecule has 106 valence electrons. The second-order valence-corrected chi connectivity index (χ2v) is 5.11. The van der Waals surface area contributed by atoms with Crippen molar-refractivity contribution in [1.29, 1.82) is 0 Å². The molecule has 0 N–H and O–H groups in total. The topological polar surface area (TPSA) is 61.6 Å². The summed E-state index contributed by atoms with van der Waals surface area (Å²) in [6, 6.07) is 3.06. The van der Waals surface area contributed by atoms with Gasteiger partial charge in [0, 0.05) is 10.9 Å². The van der Waals surface area contributed by atoms with Crippen LogP contribution in [0.2, 0.25) is 0 Å². The third-order valence-corrected chi connectivity index (χ3v) is 3.26. The van der Waals surface area contributed by atoms with Gasteiger partial charge in [0.1, 0.15) is 0 Å². The maximum Gasteiger partial charge on any atom is 0.277 e. The number of alkyl halides is 1. The molecule has 0 aliphatic heterocycles. The van der Waals surface area contributed by atoms with Crippen molar-refractivity contribution in [2.24, 2.45) is 5.92 Å². The molecule has 0 saturated heterocycles. The molecule has 0 heterocycles. The van der Waals surface area contributed by atoms with Gasteiger partial charge in [0.25, 0.3) is 5.69 Å². The zero-order valence-corrected chi connectivity index (χ0v) is 12.9. The molecule has 0 aliphatic carbocycles. The minimum absolute atomic E-state index is 0.0391. The van der Waals surface area contributed by atoms with Crippen LogP contribution < -0.4 is 9.47 Å². The van der Waals surface area contributed by atoms with E-state index in [1.807, 2.05) is 0 Å². The Morgan fingerprint density at radius 3 is 2.53 bits per heavy atom. The van der Waals surface area contributed by atoms with Gasteiger partial charge in [-0.3, -0.25) is 10.1 Å². The fourth-order valence-electron chi connectivity index (χ4n) is 1.55. The van der Waals surface area contributed by atoms with Crippen LogP contribution in [0.4, 0.5) is 5.69 Å². The first-order valence-electron chi connectivity index (χ1n) is 6.03. The lowest BCUT2D eigenvalue weighted by Gasteiger charge is -2.13. The van der Waals surface area contributed by atoms with Crippen molar-refractivity contribution in [3.63, 3.8) is 0 Å². The minimum Gasteiger partial charge on any atom is -0.493 e. The minimum atomic E-state index is -0.411. The first kappa shape index (κ1) is 15.8. The van der Waals surface area contributed by atoms with Crippen LogP contribution in [0, 0.1) is 16.0 Å². The van der Waals surface area contributed by atoms with Crippen LogP contribution in [-0.2, 0) is 5.33 Å². The molecule has 1 aromatic carbocycles. The molecular weight excluding hydrogens is 314 g/mol. The fourth-order valence-corrected chi connectivity index (χ4v) is 1.99. The van der Waals surface area contributed by atoms with Crippen LogP contribution in [0.3, 0.4) is 0 Å². The highest BCUT2D eigenvalue weighted by Crippen LogP contribution is 2.35. The number of ether oxygens (including phenoxy) is 2. The van der Waals surface area contributed by atoms with Gasteiger partial charge in [-0.1, -0.05) is 29.8 Å². The highest BCUT2D eigenvalue weighted by atomic mass is 79.9. The Morgan fingerprint density at radius 1 is 1.37 bits per heavy atom. The van der Waals surface area contributed by atoms with E-state index in [2.05, 4.69) is 29.8 Å². The second-order valence-electron chi connectivity index (χ2n) is 4.55. The van der Waals surface area contributed by atoms with Crippen LogP contribution in [0.1, 0.15) is 25.8 Å². The highest BCUT2D eigenvalue weighted by molar-refractivity contribution is 9.08. The van der Waals surface area contributed by atoms with Crippen molar-refractivity contribution in [1.82, 2.24) is 0 Å². The molecule has 0 amide bonds. The molecule has 0 spiro atoms. The zero-order valence-electron chi connectivity index (χ0n) is 11.3. The summed E-state index contributed by atoms with van der Waals surface area (Å²) < 4.78 is 10.8. The average molecular weight is 332 g/mol. The molecule has 0 unspecified atom stereocenters. The van der Waals surface area contributed by atoms with Gasteiger partial charge in [-0.15, -0.1) is 0 Å². The number of hydrogen-bond acceptors (Lipinski definition) is 4. The first-order chi connectivity index (χ1) is 8.99. The Bertz CT molecular complexity index is 449. The summed E-state index contributed by atoms with van der Waals surface area (Å²) in [5.74, 6) is 1.45. The molecule has 1 aromatic rings. The molecule has 6 heteroatoms. The van der Waals surface area contributed by atoms with Gasteiger partial charge in [-0.2, -0.15) is 0 Å². The van der Waals surface area contributed by atoms with Crippen LogP contribution in [-0.4, -0.2) is 18.6 Å². The number of methoxy groups -OCH3 is 1. The van der Waals surface area contributed by atoms with Crippen molar-refractivity contribution in [2.45, 2.75) is 25.6 Å². The molecule has 0 aliphatic rings. The summed E-state index contributed by atoms with van der Waals surface area (Å²) in [7, 11) is 1.52. The van der Waals surface area contributed by atoms with Crippen molar-refractivity contribution < 1.29 is 14.4 Å². The summed E-state index contributed by atoms with van der Waals surface area (Å²) in [4.78, 5) is 10.6. The maximum absolute atomic E-state index is 11.0. The third kappa shape index (κ3) is 4.38. The Morgan fingerprint density at radius 2 is 2.05 bits per heavy atom. The second kappa shape index (κ2) is 7.33. The fraction of sp³-hybridized carbons (Fsp3) is 0.538. The number of benzene rings is 1. The van der Waals surface area contributed by atoms with E-state index in [0.717, 1.165) is 6.42 Å². The van der Waals surface area contributed by atoms with E-state index in [4.69, 9.17) is 9.47 Å². The number of halogens is 1. The van der Waals surface area contributed by atoms with Crippen molar-refractivity contribution >= 4 is 21.6 Å². The van der Waals surface area contributed by atoms with E-state index in [1.54, 1.807) is 6.07 Å². The van der Waals surface area contributed by atoms with E-state index in [1.165, 1.54) is 13.2 Å². The summed E-state index contributed by atoms with van der Waals surface area (Å²) in [5.41, 5.74) is 0.607. The molecule has 0 aromatic heterocycles. The summed E-state index contributed by atoms with van der Waals surface area (Å²) in [6.07, 6.45) is 0.886. The SMILES string of the molecule is COc1cc(CBr)c([N+](=O)[O-])cc1OCCC(C)C. The van der Waals surface area contributed by atoms with Gasteiger partial charge in [-0.05, 0) is 18.4 Å². The zero-order chi connectivity index (χ0) is 14.4. The first-order valence-corrected chi connectivity index (χ1v) is 7.15. The molecule has 0 atom stereocenters. The third-order valence-electron chi connectivity index (χ3n) is 2.66. The lowest BCUT2D eigenvalue weighted by atomic mass is 10.1. The van der Waals surface area contributed by atoms with E-state index in [-0.39, 0.29) is 5.69 Å². The summed E-state index contributed by atoms with van der Waals surface area (Å²) in [6.45, 7) is 4.70. The van der Waals surface area contributed by atoms with E-state index in [9.17, 15) is 10.1 Å². The molecule has 19 heavy (non-hydrogen) atoms. The number of nitro groups is 1. The lowest BCUT2D eigenvalue weighted by molar-refractivity contribution is -0.385. The van der Waals surface area contributed by atoms with Gasteiger partial charge in [0.05, 0.1) is 24.7 Å². The molecule has 0 saturated carbocycles. The van der Waals surface area contributed by atoms with Gasteiger partial charge < -0.3 is 9.47 Å². The molecule has 0 fully saturated rings. The van der Waals surface area contributed by atoms with Crippen LogP contribution in [0.5, 0.6) is 11.5 Å². The standard InChI is InChI=1S/C13H18BrNO4/c1-9(2)4-5-19-13-7-11(15(16)17)10(8-14)6-12(13)18-3/h6-7,9H,4-5,8H2,1-3H3. The molecule has 1 rings (SSSR count). The van der Waals surface area contributed by atoms with Crippen LogP contribution >= 0.6 is 15.9 Å². The van der Waals surface area contributed by atoms with E-state index >= 15 is 0 Å². The van der Waals surface area contributed by atoms with Crippen LogP contribution in [0.25, 0.3) is 0 Å². The van der Waals surface area contributed by atoms with Gasteiger partial charge in [0.2, 0.25) is 0 Å². The largest absolute Gasteiger partial charge is 0.493 e. The predicted octanol–water partition coefficient (Wildman–Crippen LogP) is 3.92. The van der Waals surface area contributed by atoms with E-state index < -0.39 is 4.92 Å². The maximum atomic E-state index is 11.0. The molecular formula is C13H18BrNO4. The van der Waals surface area contributed by atoms with Crippen molar-refractivity contribution in [3.05, 3.63) is 27.8 Å². The quantitative estimate of drug-likeness (QED) is 0.431. The monoisotopic (exact) mass is 331 g/mol. The lowest BCUT2D eigenvalue weighted by Crippen LogP contribution is -2.04. The predicted molar refractivity (Wildman–Crippen MR) is 77.2 cm³/mol. The smallest absolute Gasteiger partial charge is 0.277 e. The van der Waals surface area contributed by atoms with E-state index in [0.29, 0.717) is 34.9 Å². The van der Waals surface area contributed by atoms with Crippen LogP contribution in [0.15, 0.2) is 12.1 Å². The summed E-state index contributed by atoms with van der Waals surface area (Å²) in [5, 5.41) is 11.4. The van der Waals surface area contributed by atoms with Crippen molar-refractivity contribution in [3.8, 4) is 11.5 Å². The summed E-state index contributed by atoms with van der Waals surface area (Å²) >= 11 is 3.24. The number of hydrogen-bond donors (Lipinski definition) is 0. The number of nitrogens with zero attached hydrogens (tertiary/aromatic N) is 1. The average Bonchev–Trinajstić information content (AvgIpc) is 2.37. The Kier molecular flexibility index (Phi) is 6.08. The van der Waals surface area contributed by atoms with Gasteiger partial charge in [-0.25, -0.2) is 0 Å². The Hall–Kier alpha value is -1.30. The van der Waals surface area contributed by atoms with Crippen molar-refractivity contribution in [2.75, 3.05) is 13.7 Å². The molecule has 0 radical (unpaired) electrons. The number of nitro benzene ring substituents is 1. The Balaban J connectivity index is 3.01.